The number of aromatic nitrogens is 1. The molecule has 0 saturated heterocycles. The number of pyridine rings is 1. The summed E-state index contributed by atoms with van der Waals surface area (Å²) in [6.07, 6.45) is 1.17. The zero-order valence-corrected chi connectivity index (χ0v) is 29.7. The predicted octanol–water partition coefficient (Wildman–Crippen LogP) is 11.0. The summed E-state index contributed by atoms with van der Waals surface area (Å²) in [5, 5.41) is 10.6. The van der Waals surface area contributed by atoms with Crippen LogP contribution in [0.3, 0.4) is 0 Å². The van der Waals surface area contributed by atoms with E-state index in [0.717, 1.165) is 38.7 Å². The Morgan fingerprint density at radius 3 is 2.14 bits per heavy atom. The van der Waals surface area contributed by atoms with Gasteiger partial charge in [0.2, 0.25) is 0 Å². The van der Waals surface area contributed by atoms with E-state index < -0.39 is 0 Å². The van der Waals surface area contributed by atoms with Crippen molar-refractivity contribution >= 4 is 49.3 Å². The molecule has 229 valence electrons. The van der Waals surface area contributed by atoms with Crippen LogP contribution in [0.4, 0.5) is 0 Å². The molecule has 6 heteroatoms. The second-order valence-electron chi connectivity index (χ2n) is 13.1. The van der Waals surface area contributed by atoms with E-state index in [-0.39, 0.29) is 42.5 Å². The Labute approximate surface area is 277 Å². The Morgan fingerprint density at radius 1 is 0.886 bits per heavy atom. The summed E-state index contributed by atoms with van der Waals surface area (Å²) in [7, 11) is 0. The van der Waals surface area contributed by atoms with Crippen LogP contribution in [0.2, 0.25) is 0 Å². The maximum Gasteiger partial charge on any atom is 0.155 e. The van der Waals surface area contributed by atoms with Crippen LogP contribution in [0.15, 0.2) is 89.0 Å². The Bertz CT molecular complexity index is 1960. The van der Waals surface area contributed by atoms with Crippen molar-refractivity contribution < 1.29 is 34.4 Å². The molecule has 0 unspecified atom stereocenters. The third-order valence-electron chi connectivity index (χ3n) is 7.33. The van der Waals surface area contributed by atoms with E-state index in [9.17, 15) is 4.79 Å². The number of allylic oxidation sites excluding steroid dienone is 2. The number of rotatable bonds is 3. The smallest absolute Gasteiger partial charge is 0.155 e. The molecule has 44 heavy (non-hydrogen) atoms. The third kappa shape index (κ3) is 7.21. The van der Waals surface area contributed by atoms with Crippen LogP contribution in [-0.4, -0.2) is 15.9 Å². The number of benzene rings is 3. The van der Waals surface area contributed by atoms with Gasteiger partial charge in [0.25, 0.3) is 0 Å². The number of thiophene rings is 1. The van der Waals surface area contributed by atoms with Crippen molar-refractivity contribution in [2.75, 3.05) is 0 Å². The summed E-state index contributed by atoms with van der Waals surface area (Å²) in [5.74, 6) is -0.0625. The Balaban J connectivity index is 0.000000497. The normalized spacial score (nSPS) is 12.2. The van der Waals surface area contributed by atoms with Crippen molar-refractivity contribution in [3.63, 3.8) is 0 Å². The van der Waals surface area contributed by atoms with Gasteiger partial charge >= 0.3 is 0 Å². The molecule has 0 saturated carbocycles. The van der Waals surface area contributed by atoms with Crippen LogP contribution >= 0.6 is 11.3 Å². The van der Waals surface area contributed by atoms with Gasteiger partial charge in [-0.1, -0.05) is 82.8 Å². The quantitative estimate of drug-likeness (QED) is 0.110. The van der Waals surface area contributed by atoms with Crippen LogP contribution in [0.25, 0.3) is 53.9 Å². The molecule has 6 rings (SSSR count). The molecule has 3 heterocycles. The van der Waals surface area contributed by atoms with E-state index in [1.807, 2.05) is 24.3 Å². The molecule has 0 amide bonds. The van der Waals surface area contributed by atoms with Gasteiger partial charge in [0.05, 0.1) is 21.6 Å². The number of carbonyl (C=O) groups excluding carboxylic acids is 1. The van der Waals surface area contributed by atoms with Gasteiger partial charge in [-0.25, -0.2) is 0 Å². The van der Waals surface area contributed by atoms with Crippen LogP contribution in [0.5, 0.6) is 0 Å². The monoisotopic (exact) mass is 781 g/mol. The number of hydrogen-bond donors (Lipinski definition) is 1. The summed E-state index contributed by atoms with van der Waals surface area (Å²) in [4.78, 5) is 16.3. The largest absolute Gasteiger partial charge is 0.512 e. The minimum atomic E-state index is -0.125. The van der Waals surface area contributed by atoms with Gasteiger partial charge < -0.3 is 9.52 Å². The molecule has 0 aliphatic carbocycles. The molecule has 0 aliphatic heterocycles. The summed E-state index contributed by atoms with van der Waals surface area (Å²) in [6.45, 7) is 16.6. The zero-order valence-electron chi connectivity index (χ0n) is 26.5. The van der Waals surface area contributed by atoms with Crippen LogP contribution in [-0.2, 0) is 35.7 Å². The van der Waals surface area contributed by atoms with E-state index in [1.165, 1.54) is 46.2 Å². The topological polar surface area (TPSA) is 63.3 Å². The van der Waals surface area contributed by atoms with Crippen molar-refractivity contribution in [1.29, 1.82) is 0 Å². The van der Waals surface area contributed by atoms with Gasteiger partial charge in [-0.3, -0.25) is 9.78 Å². The van der Waals surface area contributed by atoms with E-state index in [2.05, 4.69) is 96.1 Å². The number of hydrogen-bond acceptors (Lipinski definition) is 5. The van der Waals surface area contributed by atoms with E-state index in [4.69, 9.17) is 14.5 Å². The van der Waals surface area contributed by atoms with Crippen molar-refractivity contribution in [2.45, 2.75) is 66.2 Å². The maximum atomic E-state index is 10.0. The second kappa shape index (κ2) is 12.8. The number of aliphatic hydroxyl groups excluding tert-OH is 1. The minimum absolute atomic E-state index is 0. The number of nitrogens with zero attached hydrogens (tertiary/aromatic N) is 1. The van der Waals surface area contributed by atoms with Crippen molar-refractivity contribution in [3.8, 4) is 21.7 Å². The Morgan fingerprint density at radius 2 is 1.55 bits per heavy atom. The first kappa shape index (κ1) is 33.3. The Kier molecular flexibility index (Phi) is 9.70. The number of aliphatic hydroxyl groups is 1. The molecule has 0 spiro atoms. The summed E-state index contributed by atoms with van der Waals surface area (Å²) < 4.78 is 7.43. The molecule has 0 aliphatic rings. The summed E-state index contributed by atoms with van der Waals surface area (Å²) in [5.41, 5.74) is 8.69. The van der Waals surface area contributed by atoms with Crippen LogP contribution in [0, 0.1) is 6.07 Å². The minimum Gasteiger partial charge on any atom is -0.512 e. The molecule has 0 bridgehead atoms. The molecule has 0 atom stereocenters. The number of para-hydroxylation sites is 1. The molecule has 4 nitrogen and oxygen atoms in total. The fraction of sp³-hybridized carbons (Fsp3) is 0.263. The fourth-order valence-corrected chi connectivity index (χ4v) is 6.00. The molecule has 0 fully saturated rings. The zero-order chi connectivity index (χ0) is 31.1. The maximum absolute atomic E-state index is 10.0. The van der Waals surface area contributed by atoms with Crippen LogP contribution < -0.4 is 0 Å². The average molecular weight is 781 g/mol. The van der Waals surface area contributed by atoms with E-state index in [0.29, 0.717) is 0 Å². The molecule has 1 radical (unpaired) electrons. The Hall–Kier alpha value is -3.57. The van der Waals surface area contributed by atoms with Gasteiger partial charge in [-0.2, -0.15) is 0 Å². The standard InChI is InChI=1S/C33H30NOS.C5H8O2.Ir/c1-32(2,3)21-16-20(17-22(18-21)33(4,5)6)30-19-27-29(36-30)15-14-26(34-27)25-12-9-11-24-23-10-7-8-13-28(23)35-31(24)25;1-4(6)3-5(2)7;/h7-11,13-19H,1-6H3;3,6H,1-2H3;/q-1;;/b;4-3-;. The molecule has 3 aromatic carbocycles. The van der Waals surface area contributed by atoms with Gasteiger partial charge in [-0.15, -0.1) is 29.5 Å². The first-order chi connectivity index (χ1) is 20.2. The number of ketones is 1. The number of furan rings is 1. The van der Waals surface area contributed by atoms with Crippen molar-refractivity contribution in [3.05, 3.63) is 102 Å². The first-order valence-corrected chi connectivity index (χ1v) is 15.3. The van der Waals surface area contributed by atoms with Gasteiger partial charge in [0.15, 0.2) is 5.78 Å². The summed E-state index contributed by atoms with van der Waals surface area (Å²) in [6, 6.07) is 29.2. The first-order valence-electron chi connectivity index (χ1n) is 14.5. The molecular formula is C38H38IrNO3S-. The fourth-order valence-electron chi connectivity index (χ4n) is 5.02. The van der Waals surface area contributed by atoms with Crippen molar-refractivity contribution in [1.82, 2.24) is 4.98 Å². The second-order valence-corrected chi connectivity index (χ2v) is 14.2. The van der Waals surface area contributed by atoms with E-state index >= 15 is 0 Å². The van der Waals surface area contributed by atoms with Gasteiger partial charge in [0.1, 0.15) is 5.58 Å². The van der Waals surface area contributed by atoms with Crippen molar-refractivity contribution in [2.24, 2.45) is 0 Å². The molecule has 6 aromatic rings. The van der Waals surface area contributed by atoms with Gasteiger partial charge in [0, 0.05) is 36.4 Å². The number of carbonyl (C=O) groups is 1. The number of fused-ring (bicyclic) bond motifs is 4. The average Bonchev–Trinajstić information content (AvgIpc) is 3.52. The molecule has 3 aromatic heterocycles. The molecule has 1 N–H and O–H groups in total. The summed E-state index contributed by atoms with van der Waals surface area (Å²) >= 11 is 1.80. The third-order valence-corrected chi connectivity index (χ3v) is 8.47. The van der Waals surface area contributed by atoms with E-state index in [1.54, 1.807) is 11.3 Å². The van der Waals surface area contributed by atoms with Crippen LogP contribution in [0.1, 0.15) is 66.5 Å². The predicted molar refractivity (Wildman–Crippen MR) is 181 cm³/mol. The van der Waals surface area contributed by atoms with Gasteiger partial charge in [-0.05, 0) is 77.4 Å². The molecular weight excluding hydrogens is 743 g/mol. The SMILES string of the molecule is CC(=O)/C=C(/C)O.CC(C)(C)c1cc(-c2cc3nc(-c4[c-]ccc5c4oc4ccccc45)ccc3s2)cc(C(C)(C)C)c1.[Ir].